The zero-order valence-electron chi connectivity index (χ0n) is 18.3. The Hall–Kier alpha value is -1.13. The van der Waals surface area contributed by atoms with E-state index in [1.807, 2.05) is 6.92 Å². The number of allylic oxidation sites excluding steroid dienone is 4. The van der Waals surface area contributed by atoms with E-state index in [1.165, 1.54) is 38.5 Å². The third-order valence-electron chi connectivity index (χ3n) is 4.82. The zero-order chi connectivity index (χ0) is 20.9. The van der Waals surface area contributed by atoms with Gasteiger partial charge in [-0.15, -0.1) is 0 Å². The highest BCUT2D eigenvalue weighted by molar-refractivity contribution is 5.69. The second-order valence-corrected chi connectivity index (χ2v) is 7.78. The molecule has 0 amide bonds. The molecule has 2 N–H and O–H groups in total. The summed E-state index contributed by atoms with van der Waals surface area (Å²) in [5.41, 5.74) is 0. The van der Waals surface area contributed by atoms with Gasteiger partial charge < -0.3 is 14.9 Å². The molecule has 0 saturated carbocycles. The van der Waals surface area contributed by atoms with E-state index < -0.39 is 6.29 Å². The van der Waals surface area contributed by atoms with Gasteiger partial charge in [-0.05, 0) is 50.9 Å². The molecule has 0 aromatic rings. The summed E-state index contributed by atoms with van der Waals surface area (Å²) in [6.07, 6.45) is 22.0. The number of esters is 1. The van der Waals surface area contributed by atoms with Crippen LogP contribution in [-0.4, -0.2) is 29.1 Å². The number of ether oxygens (including phenoxy) is 1. The molecular formula is C24H44O4. The largest absolute Gasteiger partial charge is 0.436 e. The van der Waals surface area contributed by atoms with Crippen LogP contribution in [0, 0.1) is 5.92 Å². The third-order valence-corrected chi connectivity index (χ3v) is 4.82. The lowest BCUT2D eigenvalue weighted by atomic mass is 10.0. The lowest BCUT2D eigenvalue weighted by molar-refractivity contribution is -0.170. The highest BCUT2D eigenvalue weighted by Crippen LogP contribution is 2.13. The molecule has 0 aliphatic heterocycles. The number of unbranched alkanes of at least 4 members (excludes halogenated alkanes) is 8. The molecule has 0 aromatic heterocycles. The number of rotatable bonds is 19. The highest BCUT2D eigenvalue weighted by Gasteiger charge is 2.14. The summed E-state index contributed by atoms with van der Waals surface area (Å²) in [6, 6.07) is 0. The summed E-state index contributed by atoms with van der Waals surface area (Å²) < 4.78 is 5.01. The fourth-order valence-corrected chi connectivity index (χ4v) is 3.02. The summed E-state index contributed by atoms with van der Waals surface area (Å²) in [4.78, 5) is 11.7. The predicted molar refractivity (Wildman–Crippen MR) is 117 cm³/mol. The van der Waals surface area contributed by atoms with E-state index in [1.54, 1.807) is 0 Å². The molecule has 0 aromatic carbocycles. The zero-order valence-corrected chi connectivity index (χ0v) is 18.3. The fraction of sp³-hybridized carbons (Fsp3) is 0.792. The first-order valence-corrected chi connectivity index (χ1v) is 11.4. The highest BCUT2D eigenvalue weighted by atomic mass is 16.6. The van der Waals surface area contributed by atoms with Crippen molar-refractivity contribution in [3.8, 4) is 0 Å². The van der Waals surface area contributed by atoms with Crippen LogP contribution in [0.15, 0.2) is 24.3 Å². The molecule has 0 spiro atoms. The molecule has 0 saturated heterocycles. The van der Waals surface area contributed by atoms with Crippen LogP contribution >= 0.6 is 0 Å². The van der Waals surface area contributed by atoms with E-state index in [0.29, 0.717) is 19.3 Å². The number of hydrogen-bond acceptors (Lipinski definition) is 4. The van der Waals surface area contributed by atoms with Gasteiger partial charge in [0, 0.05) is 19.4 Å². The minimum absolute atomic E-state index is 0.0911. The van der Waals surface area contributed by atoms with Crippen LogP contribution < -0.4 is 0 Å². The van der Waals surface area contributed by atoms with Gasteiger partial charge in [0.2, 0.25) is 6.29 Å². The normalized spacial score (nSPS) is 14.0. The smallest absolute Gasteiger partial charge is 0.308 e. The van der Waals surface area contributed by atoms with E-state index in [-0.39, 0.29) is 18.5 Å². The molecule has 0 fully saturated rings. The molecule has 28 heavy (non-hydrogen) atoms. The first-order valence-electron chi connectivity index (χ1n) is 11.4. The first kappa shape index (κ1) is 26.9. The number of aliphatic hydroxyl groups excluding tert-OH is 2. The molecule has 0 heterocycles. The van der Waals surface area contributed by atoms with Crippen LogP contribution in [0.5, 0.6) is 0 Å². The Kier molecular flexibility index (Phi) is 19.8. The Bertz CT molecular complexity index is 403. The van der Waals surface area contributed by atoms with Crippen molar-refractivity contribution in [3.05, 3.63) is 24.3 Å². The fourth-order valence-electron chi connectivity index (χ4n) is 3.02. The van der Waals surface area contributed by atoms with Crippen LogP contribution in [0.2, 0.25) is 0 Å². The van der Waals surface area contributed by atoms with Gasteiger partial charge >= 0.3 is 5.97 Å². The quantitative estimate of drug-likeness (QED) is 0.120. The molecule has 0 radical (unpaired) electrons. The Labute approximate surface area is 173 Å². The summed E-state index contributed by atoms with van der Waals surface area (Å²) in [7, 11) is 0. The average Bonchev–Trinajstić information content (AvgIpc) is 2.64. The summed E-state index contributed by atoms with van der Waals surface area (Å²) in [5, 5.41) is 18.5. The maximum absolute atomic E-state index is 11.7. The summed E-state index contributed by atoms with van der Waals surface area (Å²) in [5.74, 6) is -0.182. The van der Waals surface area contributed by atoms with Gasteiger partial charge in [0.1, 0.15) is 0 Å². The monoisotopic (exact) mass is 396 g/mol. The lowest BCUT2D eigenvalue weighted by Gasteiger charge is -2.16. The van der Waals surface area contributed by atoms with Crippen molar-refractivity contribution < 1.29 is 19.7 Å². The number of aliphatic hydroxyl groups is 2. The van der Waals surface area contributed by atoms with Gasteiger partial charge in [-0.2, -0.15) is 0 Å². The third kappa shape index (κ3) is 19.6. The van der Waals surface area contributed by atoms with Gasteiger partial charge in [0.05, 0.1) is 0 Å². The minimum Gasteiger partial charge on any atom is -0.436 e. The Morgan fingerprint density at radius 2 is 1.54 bits per heavy atom. The topological polar surface area (TPSA) is 66.8 Å². The molecule has 0 bridgehead atoms. The molecule has 4 heteroatoms. The van der Waals surface area contributed by atoms with Crippen molar-refractivity contribution in [1.82, 2.24) is 0 Å². The Morgan fingerprint density at radius 1 is 0.929 bits per heavy atom. The molecule has 164 valence electrons. The van der Waals surface area contributed by atoms with Gasteiger partial charge in [-0.1, -0.05) is 70.3 Å². The number of carbonyl (C=O) groups excluding carboxylic acids is 1. The van der Waals surface area contributed by atoms with Gasteiger partial charge in [-0.25, -0.2) is 0 Å². The SMILES string of the molecule is CCCCC/C=C\C/C=C\CCCCCCCC(=O)OC(O)CC(C)CCO. The van der Waals surface area contributed by atoms with Crippen LogP contribution in [0.4, 0.5) is 0 Å². The van der Waals surface area contributed by atoms with E-state index in [9.17, 15) is 9.90 Å². The van der Waals surface area contributed by atoms with E-state index >= 15 is 0 Å². The van der Waals surface area contributed by atoms with Crippen LogP contribution in [0.1, 0.15) is 104 Å². The molecule has 4 nitrogen and oxygen atoms in total. The summed E-state index contributed by atoms with van der Waals surface area (Å²) in [6.45, 7) is 4.25. The summed E-state index contributed by atoms with van der Waals surface area (Å²) >= 11 is 0. The molecular weight excluding hydrogens is 352 g/mol. The lowest BCUT2D eigenvalue weighted by Crippen LogP contribution is -2.20. The van der Waals surface area contributed by atoms with Crippen LogP contribution in [-0.2, 0) is 9.53 Å². The van der Waals surface area contributed by atoms with Gasteiger partial charge in [-0.3, -0.25) is 4.79 Å². The maximum Gasteiger partial charge on any atom is 0.308 e. The second kappa shape index (κ2) is 20.6. The van der Waals surface area contributed by atoms with Gasteiger partial charge in [0.15, 0.2) is 0 Å². The first-order chi connectivity index (χ1) is 13.6. The van der Waals surface area contributed by atoms with E-state index in [2.05, 4.69) is 31.2 Å². The number of hydrogen-bond donors (Lipinski definition) is 2. The predicted octanol–water partition coefficient (Wildman–Crippen LogP) is 6.07. The van der Waals surface area contributed by atoms with Crippen molar-refractivity contribution in [2.24, 2.45) is 5.92 Å². The van der Waals surface area contributed by atoms with Crippen molar-refractivity contribution in [2.75, 3.05) is 6.61 Å². The van der Waals surface area contributed by atoms with Crippen molar-refractivity contribution in [2.45, 2.75) is 110 Å². The molecule has 2 atom stereocenters. The Morgan fingerprint density at radius 3 is 2.18 bits per heavy atom. The van der Waals surface area contributed by atoms with E-state index in [4.69, 9.17) is 9.84 Å². The molecule has 2 unspecified atom stereocenters. The van der Waals surface area contributed by atoms with Crippen molar-refractivity contribution in [3.63, 3.8) is 0 Å². The van der Waals surface area contributed by atoms with Crippen LogP contribution in [0.25, 0.3) is 0 Å². The van der Waals surface area contributed by atoms with Crippen molar-refractivity contribution in [1.29, 1.82) is 0 Å². The van der Waals surface area contributed by atoms with Crippen LogP contribution in [0.3, 0.4) is 0 Å². The van der Waals surface area contributed by atoms with Gasteiger partial charge in [0.25, 0.3) is 0 Å². The molecule has 0 aliphatic rings. The van der Waals surface area contributed by atoms with Crippen molar-refractivity contribution >= 4 is 5.97 Å². The maximum atomic E-state index is 11.7. The average molecular weight is 397 g/mol. The second-order valence-electron chi connectivity index (χ2n) is 7.78. The molecule has 0 rings (SSSR count). The minimum atomic E-state index is -1.05. The molecule has 0 aliphatic carbocycles. The number of carbonyl (C=O) groups is 1. The standard InChI is InChI=1S/C24H44O4/c1-3-4-5-6-7-8-9-10-11-12-13-14-15-16-17-18-23(26)28-24(27)21-22(2)19-20-25/h7-8,10-11,22,24-25,27H,3-6,9,12-21H2,1-2H3/b8-7-,11-10-. The Balaban J connectivity index is 3.44. The van der Waals surface area contributed by atoms with E-state index in [0.717, 1.165) is 32.1 Å².